The summed E-state index contributed by atoms with van der Waals surface area (Å²) in [6.07, 6.45) is 0.108. The van der Waals surface area contributed by atoms with Gasteiger partial charge in [0.25, 0.3) is 0 Å². The predicted octanol–water partition coefficient (Wildman–Crippen LogP) is 2.81. The van der Waals surface area contributed by atoms with Crippen LogP contribution < -0.4 is 0 Å². The molecule has 5 heteroatoms. The van der Waals surface area contributed by atoms with Gasteiger partial charge in [0.1, 0.15) is 5.82 Å². The first-order valence-corrected chi connectivity index (χ1v) is 6.94. The second-order valence-electron chi connectivity index (χ2n) is 5.02. The number of carbonyl (C=O) groups is 2. The van der Waals surface area contributed by atoms with E-state index in [1.54, 1.807) is 26.8 Å². The topological polar surface area (TPSA) is 52.6 Å². The molecule has 0 aliphatic rings. The van der Waals surface area contributed by atoms with Gasteiger partial charge in [0, 0.05) is 0 Å². The molecule has 21 heavy (non-hydrogen) atoms. The average Bonchev–Trinajstić information content (AvgIpc) is 2.42. The first-order valence-electron chi connectivity index (χ1n) is 6.94. The fourth-order valence-electron chi connectivity index (χ4n) is 2.05. The maximum absolute atomic E-state index is 13.2. The number of carbonyl (C=O) groups excluding carboxylic acids is 2. The number of aryl methyl sites for hydroxylation is 1. The Balaban J connectivity index is 3.12. The largest absolute Gasteiger partial charge is 0.465 e. The quantitative estimate of drug-likeness (QED) is 0.598. The molecule has 0 saturated heterocycles. The van der Waals surface area contributed by atoms with Crippen molar-refractivity contribution < 1.29 is 23.5 Å². The molecule has 0 atom stereocenters. The zero-order chi connectivity index (χ0) is 16.0. The van der Waals surface area contributed by atoms with Crippen molar-refractivity contribution in [1.29, 1.82) is 0 Å². The van der Waals surface area contributed by atoms with Gasteiger partial charge in [-0.05, 0) is 57.4 Å². The fraction of sp³-hybridized carbons (Fsp3) is 0.500. The zero-order valence-electron chi connectivity index (χ0n) is 12.9. The van der Waals surface area contributed by atoms with Crippen molar-refractivity contribution in [2.45, 2.75) is 34.1 Å². The van der Waals surface area contributed by atoms with E-state index in [2.05, 4.69) is 0 Å². The number of halogens is 1. The van der Waals surface area contributed by atoms with Gasteiger partial charge < -0.3 is 9.47 Å². The molecule has 0 saturated carbocycles. The third-order valence-corrected chi connectivity index (χ3v) is 3.30. The lowest BCUT2D eigenvalue weighted by atomic mass is 9.82. The van der Waals surface area contributed by atoms with E-state index < -0.39 is 17.4 Å². The van der Waals surface area contributed by atoms with Crippen molar-refractivity contribution in [2.24, 2.45) is 5.41 Å². The van der Waals surface area contributed by atoms with Crippen LogP contribution >= 0.6 is 0 Å². The van der Waals surface area contributed by atoms with E-state index in [1.807, 2.05) is 0 Å². The fourth-order valence-corrected chi connectivity index (χ4v) is 2.05. The van der Waals surface area contributed by atoms with Crippen molar-refractivity contribution in [3.05, 3.63) is 35.1 Å². The lowest BCUT2D eigenvalue weighted by molar-refractivity contribution is -0.170. The SMILES string of the molecule is CCOC(=O)C(C)(Cc1ccc(F)cc1C)C(=O)OCC. The summed E-state index contributed by atoms with van der Waals surface area (Å²) >= 11 is 0. The van der Waals surface area contributed by atoms with E-state index in [0.717, 1.165) is 0 Å². The Morgan fingerprint density at radius 3 is 2.10 bits per heavy atom. The summed E-state index contributed by atoms with van der Waals surface area (Å²) in [5.74, 6) is -1.62. The molecular weight excluding hydrogens is 275 g/mol. The molecule has 0 unspecified atom stereocenters. The van der Waals surface area contributed by atoms with Crippen LogP contribution in [0.25, 0.3) is 0 Å². The molecule has 0 fully saturated rings. The smallest absolute Gasteiger partial charge is 0.323 e. The minimum atomic E-state index is -1.44. The molecule has 0 aliphatic heterocycles. The van der Waals surface area contributed by atoms with E-state index in [0.29, 0.717) is 11.1 Å². The highest BCUT2D eigenvalue weighted by Crippen LogP contribution is 2.28. The summed E-state index contributed by atoms with van der Waals surface area (Å²) in [4.78, 5) is 24.3. The van der Waals surface area contributed by atoms with Crippen LogP contribution in [0.3, 0.4) is 0 Å². The van der Waals surface area contributed by atoms with Gasteiger partial charge in [-0.3, -0.25) is 9.59 Å². The van der Waals surface area contributed by atoms with Crippen molar-refractivity contribution in [3.8, 4) is 0 Å². The zero-order valence-corrected chi connectivity index (χ0v) is 12.9. The summed E-state index contributed by atoms with van der Waals surface area (Å²) in [5, 5.41) is 0. The number of hydrogen-bond acceptors (Lipinski definition) is 4. The first-order chi connectivity index (χ1) is 9.85. The number of rotatable bonds is 6. The van der Waals surface area contributed by atoms with Crippen LogP contribution in [0.4, 0.5) is 4.39 Å². The summed E-state index contributed by atoms with van der Waals surface area (Å²) in [5.41, 5.74) is -0.0518. The van der Waals surface area contributed by atoms with E-state index in [9.17, 15) is 14.0 Å². The number of hydrogen-bond donors (Lipinski definition) is 0. The summed E-state index contributed by atoms with van der Waals surface area (Å²) < 4.78 is 23.1. The molecule has 116 valence electrons. The molecule has 0 N–H and O–H groups in total. The second-order valence-corrected chi connectivity index (χ2v) is 5.02. The van der Waals surface area contributed by atoms with Crippen LogP contribution in [0.1, 0.15) is 31.9 Å². The average molecular weight is 296 g/mol. The minimum absolute atomic E-state index is 0.108. The predicted molar refractivity (Wildman–Crippen MR) is 76.2 cm³/mol. The molecule has 1 aromatic carbocycles. The van der Waals surface area contributed by atoms with E-state index in [1.165, 1.54) is 19.1 Å². The minimum Gasteiger partial charge on any atom is -0.465 e. The lowest BCUT2D eigenvalue weighted by Crippen LogP contribution is -2.41. The number of esters is 2. The van der Waals surface area contributed by atoms with Crippen molar-refractivity contribution in [2.75, 3.05) is 13.2 Å². The van der Waals surface area contributed by atoms with Gasteiger partial charge in [0.2, 0.25) is 0 Å². The molecule has 0 amide bonds. The van der Waals surface area contributed by atoms with E-state index in [-0.39, 0.29) is 25.5 Å². The Morgan fingerprint density at radius 1 is 1.14 bits per heavy atom. The molecule has 0 radical (unpaired) electrons. The number of ether oxygens (including phenoxy) is 2. The summed E-state index contributed by atoms with van der Waals surface area (Å²) in [6.45, 7) is 6.92. The summed E-state index contributed by atoms with van der Waals surface area (Å²) in [6, 6.07) is 4.24. The molecule has 0 aliphatic carbocycles. The van der Waals surface area contributed by atoms with Crippen LogP contribution in [0.15, 0.2) is 18.2 Å². The van der Waals surface area contributed by atoms with Gasteiger partial charge in [-0.2, -0.15) is 0 Å². The van der Waals surface area contributed by atoms with Gasteiger partial charge in [-0.1, -0.05) is 6.07 Å². The maximum Gasteiger partial charge on any atom is 0.323 e. The van der Waals surface area contributed by atoms with Gasteiger partial charge in [0.15, 0.2) is 5.41 Å². The summed E-state index contributed by atoms with van der Waals surface area (Å²) in [7, 11) is 0. The normalized spacial score (nSPS) is 11.1. The van der Waals surface area contributed by atoms with Gasteiger partial charge >= 0.3 is 11.9 Å². The third kappa shape index (κ3) is 4.03. The molecule has 0 heterocycles. The van der Waals surface area contributed by atoms with Crippen LogP contribution in [-0.2, 0) is 25.5 Å². The second kappa shape index (κ2) is 7.20. The van der Waals surface area contributed by atoms with Crippen molar-refractivity contribution >= 4 is 11.9 Å². The third-order valence-electron chi connectivity index (χ3n) is 3.30. The molecule has 4 nitrogen and oxygen atoms in total. The molecule has 0 aromatic heterocycles. The van der Waals surface area contributed by atoms with Crippen molar-refractivity contribution in [3.63, 3.8) is 0 Å². The monoisotopic (exact) mass is 296 g/mol. The highest BCUT2D eigenvalue weighted by molar-refractivity contribution is 6.00. The van der Waals surface area contributed by atoms with Gasteiger partial charge in [0.05, 0.1) is 13.2 Å². The van der Waals surface area contributed by atoms with Gasteiger partial charge in [-0.15, -0.1) is 0 Å². The highest BCUT2D eigenvalue weighted by atomic mass is 19.1. The van der Waals surface area contributed by atoms with Gasteiger partial charge in [-0.25, -0.2) is 4.39 Å². The highest BCUT2D eigenvalue weighted by Gasteiger charge is 2.44. The lowest BCUT2D eigenvalue weighted by Gasteiger charge is -2.25. The Morgan fingerprint density at radius 2 is 1.67 bits per heavy atom. The molecule has 0 bridgehead atoms. The maximum atomic E-state index is 13.2. The number of benzene rings is 1. The van der Waals surface area contributed by atoms with Crippen LogP contribution in [0.5, 0.6) is 0 Å². The van der Waals surface area contributed by atoms with E-state index >= 15 is 0 Å². The Labute approximate surface area is 124 Å². The Hall–Kier alpha value is -1.91. The molecule has 0 spiro atoms. The molecule has 1 aromatic rings. The Bertz CT molecular complexity index is 507. The van der Waals surface area contributed by atoms with Crippen LogP contribution in [0.2, 0.25) is 0 Å². The van der Waals surface area contributed by atoms with E-state index in [4.69, 9.17) is 9.47 Å². The Kier molecular flexibility index (Phi) is 5.88. The van der Waals surface area contributed by atoms with Crippen LogP contribution in [0, 0.1) is 18.2 Å². The molecule has 1 rings (SSSR count). The standard InChI is InChI=1S/C16H21FO4/c1-5-20-14(18)16(4,15(19)21-6-2)10-12-7-8-13(17)9-11(12)3/h7-9H,5-6,10H2,1-4H3. The first kappa shape index (κ1) is 17.1. The van der Waals surface area contributed by atoms with Crippen molar-refractivity contribution in [1.82, 2.24) is 0 Å². The molecular formula is C16H21FO4. The van der Waals surface area contributed by atoms with Crippen LogP contribution in [-0.4, -0.2) is 25.2 Å².